The molecule has 0 radical (unpaired) electrons. The van der Waals surface area contributed by atoms with Crippen molar-refractivity contribution in [2.45, 2.75) is 77.9 Å². The Morgan fingerprint density at radius 2 is 1.41 bits per heavy atom. The highest BCUT2D eigenvalue weighted by atomic mass is 32.2. The van der Waals surface area contributed by atoms with E-state index in [4.69, 9.17) is 0 Å². The van der Waals surface area contributed by atoms with Crippen molar-refractivity contribution >= 4 is 27.5 Å². The molecular formula is C38H45N3O4S. The minimum Gasteiger partial charge on any atom is -0.352 e. The molecule has 0 aliphatic carbocycles. The second-order valence-electron chi connectivity index (χ2n) is 12.0. The van der Waals surface area contributed by atoms with Gasteiger partial charge in [-0.1, -0.05) is 91.3 Å². The van der Waals surface area contributed by atoms with Crippen LogP contribution in [0.4, 0.5) is 5.69 Å². The van der Waals surface area contributed by atoms with Crippen molar-refractivity contribution in [3.8, 4) is 0 Å². The van der Waals surface area contributed by atoms with Crippen molar-refractivity contribution < 1.29 is 18.0 Å². The molecule has 8 heteroatoms. The van der Waals surface area contributed by atoms with Crippen molar-refractivity contribution in [2.75, 3.05) is 10.8 Å². The number of carbonyl (C=O) groups excluding carboxylic acids is 2. The number of aryl methyl sites for hydroxylation is 3. The van der Waals surface area contributed by atoms with Crippen LogP contribution in [-0.4, -0.2) is 43.8 Å². The van der Waals surface area contributed by atoms with Crippen LogP contribution in [0.25, 0.3) is 0 Å². The number of nitrogens with one attached hydrogen (secondary N) is 1. The summed E-state index contributed by atoms with van der Waals surface area (Å²) in [6.07, 6.45) is 1.000. The molecule has 4 aromatic rings. The minimum atomic E-state index is -4.16. The maximum Gasteiger partial charge on any atom is 0.264 e. The highest BCUT2D eigenvalue weighted by Gasteiger charge is 2.35. The quantitative estimate of drug-likeness (QED) is 0.177. The number of anilines is 1. The highest BCUT2D eigenvalue weighted by Crippen LogP contribution is 2.29. The van der Waals surface area contributed by atoms with E-state index in [2.05, 4.69) is 5.32 Å². The molecule has 7 nitrogen and oxygen atoms in total. The van der Waals surface area contributed by atoms with Crippen molar-refractivity contribution in [3.05, 3.63) is 130 Å². The van der Waals surface area contributed by atoms with E-state index in [1.807, 2.05) is 102 Å². The third-order valence-corrected chi connectivity index (χ3v) is 10.4. The standard InChI is InChI=1S/C38H45N3O4S/c1-7-30(5)39-38(43)36(24-32-16-9-8-10-17-32)40(25-33-18-12-11-14-29(33)4)37(42)26-41(35-19-13-15-28(3)31(35)6)46(44,45)34-22-20-27(2)21-23-34/h8-23,30,36H,7,24-26H2,1-6H3,(H,39,43)/t30-,36-/m1/s1. The normalized spacial score (nSPS) is 12.7. The van der Waals surface area contributed by atoms with E-state index in [0.29, 0.717) is 5.69 Å². The summed E-state index contributed by atoms with van der Waals surface area (Å²) in [7, 11) is -4.16. The molecule has 1 N–H and O–H groups in total. The fourth-order valence-electron chi connectivity index (χ4n) is 5.32. The summed E-state index contributed by atoms with van der Waals surface area (Å²) in [5.74, 6) is -0.750. The van der Waals surface area contributed by atoms with Crippen LogP contribution in [0, 0.1) is 27.7 Å². The third kappa shape index (κ3) is 8.23. The molecule has 0 saturated heterocycles. The van der Waals surface area contributed by atoms with Gasteiger partial charge in [0.2, 0.25) is 11.8 Å². The van der Waals surface area contributed by atoms with E-state index in [1.165, 1.54) is 4.31 Å². The molecule has 2 atom stereocenters. The number of sulfonamides is 1. The Balaban J connectivity index is 1.85. The maximum atomic E-state index is 14.7. The predicted octanol–water partition coefficient (Wildman–Crippen LogP) is 6.67. The molecule has 0 saturated carbocycles. The van der Waals surface area contributed by atoms with Gasteiger partial charge in [-0.05, 0) is 87.1 Å². The van der Waals surface area contributed by atoms with E-state index < -0.39 is 28.5 Å². The molecular weight excluding hydrogens is 595 g/mol. The van der Waals surface area contributed by atoms with Gasteiger partial charge in [0.1, 0.15) is 12.6 Å². The monoisotopic (exact) mass is 639 g/mol. The average Bonchev–Trinajstić information content (AvgIpc) is 3.04. The minimum absolute atomic E-state index is 0.0904. The molecule has 0 fully saturated rings. The summed E-state index contributed by atoms with van der Waals surface area (Å²) in [6.45, 7) is 11.2. The van der Waals surface area contributed by atoms with Crippen LogP contribution in [0.5, 0.6) is 0 Å². The van der Waals surface area contributed by atoms with Crippen LogP contribution < -0.4 is 9.62 Å². The lowest BCUT2D eigenvalue weighted by Crippen LogP contribution is -2.54. The highest BCUT2D eigenvalue weighted by molar-refractivity contribution is 7.92. The number of carbonyl (C=O) groups is 2. The van der Waals surface area contributed by atoms with Gasteiger partial charge in [0, 0.05) is 19.0 Å². The fraction of sp³-hybridized carbons (Fsp3) is 0.316. The first kappa shape index (κ1) is 34.4. The van der Waals surface area contributed by atoms with Crippen LogP contribution in [-0.2, 0) is 32.6 Å². The number of hydrogen-bond donors (Lipinski definition) is 1. The van der Waals surface area contributed by atoms with Crippen LogP contribution in [0.3, 0.4) is 0 Å². The Bertz CT molecular complexity index is 1750. The van der Waals surface area contributed by atoms with Crippen molar-refractivity contribution in [3.63, 3.8) is 0 Å². The molecule has 2 amide bonds. The van der Waals surface area contributed by atoms with Crippen LogP contribution in [0.1, 0.15) is 53.6 Å². The maximum absolute atomic E-state index is 14.7. The first-order valence-electron chi connectivity index (χ1n) is 15.8. The van der Waals surface area contributed by atoms with Gasteiger partial charge in [0.25, 0.3) is 10.0 Å². The summed E-state index contributed by atoms with van der Waals surface area (Å²) >= 11 is 0. The Morgan fingerprint density at radius 3 is 2.07 bits per heavy atom. The molecule has 46 heavy (non-hydrogen) atoms. The zero-order valence-electron chi connectivity index (χ0n) is 27.7. The zero-order valence-corrected chi connectivity index (χ0v) is 28.5. The topological polar surface area (TPSA) is 86.8 Å². The molecule has 4 rings (SSSR count). The van der Waals surface area contributed by atoms with Gasteiger partial charge in [-0.15, -0.1) is 0 Å². The second-order valence-corrected chi connectivity index (χ2v) is 13.9. The van der Waals surface area contributed by atoms with Crippen LogP contribution in [0.15, 0.2) is 102 Å². The largest absolute Gasteiger partial charge is 0.352 e. The molecule has 4 aromatic carbocycles. The SMILES string of the molecule is CC[C@@H](C)NC(=O)[C@@H](Cc1ccccc1)N(Cc1ccccc1C)C(=O)CN(c1cccc(C)c1C)S(=O)(=O)c1ccc(C)cc1. The molecule has 0 bridgehead atoms. The van der Waals surface area contributed by atoms with E-state index in [0.717, 1.165) is 39.8 Å². The summed E-state index contributed by atoms with van der Waals surface area (Å²) in [6, 6.07) is 28.4. The molecule has 0 heterocycles. The van der Waals surface area contributed by atoms with Crippen molar-refractivity contribution in [1.29, 1.82) is 0 Å². The van der Waals surface area contributed by atoms with Crippen LogP contribution in [0.2, 0.25) is 0 Å². The number of nitrogens with zero attached hydrogens (tertiary/aromatic N) is 2. The van der Waals surface area contributed by atoms with Gasteiger partial charge < -0.3 is 10.2 Å². The third-order valence-electron chi connectivity index (χ3n) is 8.61. The number of hydrogen-bond acceptors (Lipinski definition) is 4. The number of rotatable bonds is 13. The molecule has 242 valence electrons. The van der Waals surface area contributed by atoms with Gasteiger partial charge in [-0.25, -0.2) is 8.42 Å². The number of amides is 2. The van der Waals surface area contributed by atoms with Gasteiger partial charge in [-0.3, -0.25) is 13.9 Å². The Kier molecular flexibility index (Phi) is 11.4. The summed E-state index contributed by atoms with van der Waals surface area (Å²) in [5, 5.41) is 3.08. The van der Waals surface area contributed by atoms with Gasteiger partial charge >= 0.3 is 0 Å². The Morgan fingerprint density at radius 1 is 0.783 bits per heavy atom. The van der Waals surface area contributed by atoms with E-state index in [-0.39, 0.29) is 29.8 Å². The van der Waals surface area contributed by atoms with Crippen molar-refractivity contribution in [2.24, 2.45) is 0 Å². The Labute approximate surface area is 274 Å². The fourth-order valence-corrected chi connectivity index (χ4v) is 6.79. The average molecular weight is 640 g/mol. The smallest absolute Gasteiger partial charge is 0.264 e. The summed E-state index contributed by atoms with van der Waals surface area (Å²) in [4.78, 5) is 30.3. The lowest BCUT2D eigenvalue weighted by molar-refractivity contribution is -0.140. The Hall–Kier alpha value is -4.43. The lowest BCUT2D eigenvalue weighted by Gasteiger charge is -2.35. The molecule has 0 spiro atoms. The summed E-state index contributed by atoms with van der Waals surface area (Å²) in [5.41, 5.74) is 5.76. The first-order chi connectivity index (χ1) is 21.9. The van der Waals surface area contributed by atoms with Gasteiger partial charge in [0.05, 0.1) is 10.6 Å². The van der Waals surface area contributed by atoms with Crippen molar-refractivity contribution in [1.82, 2.24) is 10.2 Å². The van der Waals surface area contributed by atoms with E-state index >= 15 is 0 Å². The molecule has 0 aliphatic heterocycles. The molecule has 0 aliphatic rings. The van der Waals surface area contributed by atoms with E-state index in [1.54, 1.807) is 41.3 Å². The van der Waals surface area contributed by atoms with Gasteiger partial charge in [-0.2, -0.15) is 0 Å². The van der Waals surface area contributed by atoms with E-state index in [9.17, 15) is 18.0 Å². The first-order valence-corrected chi connectivity index (χ1v) is 17.2. The summed E-state index contributed by atoms with van der Waals surface area (Å²) < 4.78 is 29.9. The molecule has 0 unspecified atom stereocenters. The lowest BCUT2D eigenvalue weighted by atomic mass is 10.0. The zero-order chi connectivity index (χ0) is 33.4. The van der Waals surface area contributed by atoms with Gasteiger partial charge in [0.15, 0.2) is 0 Å². The van der Waals surface area contributed by atoms with Crippen LogP contribution >= 0.6 is 0 Å². The molecule has 0 aromatic heterocycles. The predicted molar refractivity (Wildman–Crippen MR) is 185 cm³/mol. The second kappa shape index (κ2) is 15.2. The number of benzene rings is 4.